The van der Waals surface area contributed by atoms with Crippen LogP contribution in [0.4, 0.5) is 0 Å². The zero-order chi connectivity index (χ0) is 9.40. The van der Waals surface area contributed by atoms with Crippen LogP contribution in [0, 0.1) is 0 Å². The van der Waals surface area contributed by atoms with E-state index in [4.69, 9.17) is 5.11 Å². The highest BCUT2D eigenvalue weighted by Crippen LogP contribution is 2.13. The van der Waals surface area contributed by atoms with E-state index in [1.807, 2.05) is 0 Å². The molecular formula is C8H16O2S2. The second-order valence-electron chi connectivity index (χ2n) is 2.81. The van der Waals surface area contributed by atoms with E-state index in [2.05, 4.69) is 25.3 Å². The van der Waals surface area contributed by atoms with E-state index in [1.54, 1.807) is 0 Å². The Kier molecular flexibility index (Phi) is 7.91. The summed E-state index contributed by atoms with van der Waals surface area (Å²) in [6, 6.07) is 0. The molecule has 0 aromatic heterocycles. The van der Waals surface area contributed by atoms with Gasteiger partial charge in [-0.15, -0.1) is 0 Å². The normalized spacial score (nSPS) is 12.8. The van der Waals surface area contributed by atoms with Gasteiger partial charge in [-0.3, -0.25) is 4.79 Å². The summed E-state index contributed by atoms with van der Waals surface area (Å²) in [5.41, 5.74) is 0. The first-order chi connectivity index (χ1) is 5.66. The Hall–Kier alpha value is 0.170. The van der Waals surface area contributed by atoms with Crippen molar-refractivity contribution in [3.05, 3.63) is 0 Å². The topological polar surface area (TPSA) is 37.3 Å². The van der Waals surface area contributed by atoms with Gasteiger partial charge in [0.05, 0.1) is 0 Å². The Morgan fingerprint density at radius 2 is 2.00 bits per heavy atom. The molecule has 0 saturated heterocycles. The summed E-state index contributed by atoms with van der Waals surface area (Å²) in [5, 5.41) is 8.62. The standard InChI is InChI=1S/C8H16O2S2/c9-8(10)5-4-7(12)3-1-2-6-11/h7,11-12H,1-6H2,(H,9,10). The summed E-state index contributed by atoms with van der Waals surface area (Å²) < 4.78 is 0. The fraction of sp³-hybridized carbons (Fsp3) is 0.875. The van der Waals surface area contributed by atoms with Gasteiger partial charge in [-0.1, -0.05) is 6.42 Å². The first kappa shape index (κ1) is 12.2. The van der Waals surface area contributed by atoms with Crippen molar-refractivity contribution < 1.29 is 9.90 Å². The van der Waals surface area contributed by atoms with Gasteiger partial charge in [0.25, 0.3) is 0 Å². The van der Waals surface area contributed by atoms with Crippen LogP contribution in [0.25, 0.3) is 0 Å². The summed E-state index contributed by atoms with van der Waals surface area (Å²) >= 11 is 8.38. The van der Waals surface area contributed by atoms with Crippen LogP contribution in [0.5, 0.6) is 0 Å². The second-order valence-corrected chi connectivity index (χ2v) is 3.98. The number of aliphatic carboxylic acids is 1. The average molecular weight is 208 g/mol. The number of carboxylic acids is 1. The van der Waals surface area contributed by atoms with Gasteiger partial charge in [0.2, 0.25) is 0 Å². The molecule has 1 unspecified atom stereocenters. The number of unbranched alkanes of at least 4 members (excludes halogenated alkanes) is 1. The van der Waals surface area contributed by atoms with Crippen molar-refractivity contribution in [1.82, 2.24) is 0 Å². The zero-order valence-electron chi connectivity index (χ0n) is 7.07. The third-order valence-electron chi connectivity index (χ3n) is 1.64. The van der Waals surface area contributed by atoms with Crippen LogP contribution in [-0.2, 0) is 4.79 Å². The minimum atomic E-state index is -0.733. The van der Waals surface area contributed by atoms with Crippen LogP contribution < -0.4 is 0 Å². The van der Waals surface area contributed by atoms with Crippen molar-refractivity contribution in [3.63, 3.8) is 0 Å². The van der Waals surface area contributed by atoms with Crippen LogP contribution in [0.2, 0.25) is 0 Å². The number of thiol groups is 2. The largest absolute Gasteiger partial charge is 0.481 e. The summed E-state index contributed by atoms with van der Waals surface area (Å²) in [4.78, 5) is 10.2. The Morgan fingerprint density at radius 3 is 2.50 bits per heavy atom. The molecule has 0 fully saturated rings. The molecular weight excluding hydrogens is 192 g/mol. The van der Waals surface area contributed by atoms with Crippen molar-refractivity contribution in [2.24, 2.45) is 0 Å². The molecule has 4 heteroatoms. The molecule has 0 rings (SSSR count). The van der Waals surface area contributed by atoms with E-state index in [0.29, 0.717) is 6.42 Å². The Labute approximate surface area is 84.6 Å². The molecule has 0 aromatic rings. The number of carbonyl (C=O) groups is 1. The lowest BCUT2D eigenvalue weighted by Crippen LogP contribution is -2.03. The number of carboxylic acid groups (broad SMARTS) is 1. The molecule has 12 heavy (non-hydrogen) atoms. The molecule has 1 atom stereocenters. The molecule has 0 aliphatic rings. The quantitative estimate of drug-likeness (QED) is 0.443. The Balaban J connectivity index is 3.21. The molecule has 0 spiro atoms. The van der Waals surface area contributed by atoms with Gasteiger partial charge in [0.15, 0.2) is 0 Å². The molecule has 2 nitrogen and oxygen atoms in total. The van der Waals surface area contributed by atoms with Gasteiger partial charge in [0.1, 0.15) is 0 Å². The fourth-order valence-electron chi connectivity index (χ4n) is 0.926. The van der Waals surface area contributed by atoms with Crippen LogP contribution in [-0.4, -0.2) is 22.1 Å². The SMILES string of the molecule is O=C(O)CCC(S)CCCCS. The third kappa shape index (κ3) is 8.27. The van der Waals surface area contributed by atoms with E-state index < -0.39 is 5.97 Å². The third-order valence-corrected chi connectivity index (χ3v) is 2.47. The van der Waals surface area contributed by atoms with Gasteiger partial charge in [-0.05, 0) is 25.0 Å². The summed E-state index contributed by atoms with van der Waals surface area (Å²) in [6.07, 6.45) is 4.08. The van der Waals surface area contributed by atoms with Crippen LogP contribution >= 0.6 is 25.3 Å². The molecule has 0 bridgehead atoms. The Morgan fingerprint density at radius 1 is 1.33 bits per heavy atom. The number of hydrogen-bond acceptors (Lipinski definition) is 3. The van der Waals surface area contributed by atoms with E-state index in [9.17, 15) is 4.79 Å². The van der Waals surface area contributed by atoms with E-state index in [1.165, 1.54) is 0 Å². The molecule has 0 radical (unpaired) electrons. The van der Waals surface area contributed by atoms with E-state index in [0.717, 1.165) is 25.0 Å². The first-order valence-corrected chi connectivity index (χ1v) is 5.32. The predicted molar refractivity (Wildman–Crippen MR) is 57.3 cm³/mol. The molecule has 0 heterocycles. The molecule has 0 amide bonds. The van der Waals surface area contributed by atoms with E-state index in [-0.39, 0.29) is 11.7 Å². The summed E-state index contributed by atoms with van der Waals surface area (Å²) in [5.74, 6) is 0.169. The zero-order valence-corrected chi connectivity index (χ0v) is 8.86. The number of hydrogen-bond donors (Lipinski definition) is 3. The highest BCUT2D eigenvalue weighted by molar-refractivity contribution is 7.81. The van der Waals surface area contributed by atoms with Crippen molar-refractivity contribution in [1.29, 1.82) is 0 Å². The summed E-state index contributed by atoms with van der Waals surface area (Å²) in [7, 11) is 0. The Bertz CT molecular complexity index is 128. The van der Waals surface area contributed by atoms with Gasteiger partial charge >= 0.3 is 5.97 Å². The van der Waals surface area contributed by atoms with Crippen molar-refractivity contribution >= 4 is 31.2 Å². The molecule has 0 aliphatic carbocycles. The van der Waals surface area contributed by atoms with Crippen molar-refractivity contribution in [2.45, 2.75) is 37.4 Å². The minimum Gasteiger partial charge on any atom is -0.481 e. The predicted octanol–water partition coefficient (Wildman–Crippen LogP) is 2.25. The van der Waals surface area contributed by atoms with Crippen molar-refractivity contribution in [3.8, 4) is 0 Å². The average Bonchev–Trinajstić information content (AvgIpc) is 2.01. The molecule has 0 aromatic carbocycles. The van der Waals surface area contributed by atoms with Crippen molar-refractivity contribution in [2.75, 3.05) is 5.75 Å². The molecule has 72 valence electrons. The van der Waals surface area contributed by atoms with Crippen LogP contribution in [0.1, 0.15) is 32.1 Å². The maximum atomic E-state index is 10.2. The van der Waals surface area contributed by atoms with Gasteiger partial charge in [0, 0.05) is 11.7 Å². The lowest BCUT2D eigenvalue weighted by atomic mass is 10.1. The highest BCUT2D eigenvalue weighted by atomic mass is 32.1. The second kappa shape index (κ2) is 7.80. The smallest absolute Gasteiger partial charge is 0.303 e. The lowest BCUT2D eigenvalue weighted by Gasteiger charge is -2.07. The molecule has 0 aliphatic heterocycles. The maximum Gasteiger partial charge on any atom is 0.303 e. The maximum absolute atomic E-state index is 10.2. The number of rotatable bonds is 7. The lowest BCUT2D eigenvalue weighted by molar-refractivity contribution is -0.137. The van der Waals surface area contributed by atoms with Gasteiger partial charge < -0.3 is 5.11 Å². The van der Waals surface area contributed by atoms with Gasteiger partial charge in [-0.2, -0.15) is 25.3 Å². The first-order valence-electron chi connectivity index (χ1n) is 4.17. The summed E-state index contributed by atoms with van der Waals surface area (Å²) in [6.45, 7) is 0. The van der Waals surface area contributed by atoms with Crippen LogP contribution in [0.15, 0.2) is 0 Å². The monoisotopic (exact) mass is 208 g/mol. The molecule has 0 saturated carbocycles. The van der Waals surface area contributed by atoms with Crippen LogP contribution in [0.3, 0.4) is 0 Å². The minimum absolute atomic E-state index is 0.231. The molecule has 1 N–H and O–H groups in total. The van der Waals surface area contributed by atoms with E-state index >= 15 is 0 Å². The van der Waals surface area contributed by atoms with Gasteiger partial charge in [-0.25, -0.2) is 0 Å². The fourth-order valence-corrected chi connectivity index (χ4v) is 1.46. The highest BCUT2D eigenvalue weighted by Gasteiger charge is 2.05.